The van der Waals surface area contributed by atoms with E-state index >= 15 is 0 Å². The second kappa shape index (κ2) is 10.5. The Kier molecular flexibility index (Phi) is 8.09. The van der Waals surface area contributed by atoms with Crippen molar-refractivity contribution in [3.63, 3.8) is 0 Å². The Balaban J connectivity index is 1.90. The summed E-state index contributed by atoms with van der Waals surface area (Å²) in [6, 6.07) is 9.26. The average Bonchev–Trinajstić information content (AvgIpc) is 3.23. The summed E-state index contributed by atoms with van der Waals surface area (Å²) in [5, 5.41) is 7.11. The van der Waals surface area contributed by atoms with Crippen LogP contribution in [-0.2, 0) is 20.9 Å². The molecule has 1 aromatic carbocycles. The molecule has 0 unspecified atom stereocenters. The van der Waals surface area contributed by atoms with Gasteiger partial charge in [0.25, 0.3) is 5.91 Å². The number of esters is 1. The lowest BCUT2D eigenvalue weighted by Crippen LogP contribution is -2.45. The number of hydrogen-bond acceptors (Lipinski definition) is 6. The Morgan fingerprint density at radius 1 is 1.07 bits per heavy atom. The van der Waals surface area contributed by atoms with Crippen molar-refractivity contribution in [2.45, 2.75) is 33.4 Å². The fourth-order valence-electron chi connectivity index (χ4n) is 2.46. The van der Waals surface area contributed by atoms with Crippen LogP contribution in [0.25, 0.3) is 0 Å². The molecule has 0 saturated carbocycles. The van der Waals surface area contributed by atoms with Crippen molar-refractivity contribution in [1.82, 2.24) is 10.6 Å². The van der Waals surface area contributed by atoms with E-state index in [0.29, 0.717) is 17.0 Å². The van der Waals surface area contributed by atoms with Gasteiger partial charge in [0.1, 0.15) is 6.04 Å². The van der Waals surface area contributed by atoms with E-state index in [4.69, 9.17) is 4.74 Å². The minimum atomic E-state index is -0.850. The smallest absolute Gasteiger partial charge is 0.329 e. The summed E-state index contributed by atoms with van der Waals surface area (Å²) in [6.07, 6.45) is 0. The Bertz CT molecular complexity index is 860. The van der Waals surface area contributed by atoms with Crippen molar-refractivity contribution in [1.29, 1.82) is 0 Å². The molecule has 29 heavy (non-hydrogen) atoms. The number of carbonyl (C=O) groups is 4. The molecule has 2 amide bonds. The maximum Gasteiger partial charge on any atom is 0.329 e. The van der Waals surface area contributed by atoms with Crippen LogP contribution in [0.5, 0.6) is 0 Å². The number of ketones is 1. The molecule has 0 aliphatic carbocycles. The fraction of sp³-hybridized carbons (Fsp3) is 0.333. The molecule has 7 nitrogen and oxygen atoms in total. The summed E-state index contributed by atoms with van der Waals surface area (Å²) in [6.45, 7) is 4.97. The molecule has 0 radical (unpaired) electrons. The zero-order valence-corrected chi connectivity index (χ0v) is 17.4. The molecule has 8 heteroatoms. The third-order valence-electron chi connectivity index (χ3n) is 4.12. The molecule has 0 saturated heterocycles. The van der Waals surface area contributed by atoms with Crippen LogP contribution < -0.4 is 10.6 Å². The first-order valence-corrected chi connectivity index (χ1v) is 10.0. The van der Waals surface area contributed by atoms with Gasteiger partial charge in [-0.2, -0.15) is 0 Å². The third-order valence-corrected chi connectivity index (χ3v) is 4.98. The van der Waals surface area contributed by atoms with E-state index in [1.807, 2.05) is 0 Å². The van der Waals surface area contributed by atoms with Crippen LogP contribution in [0.15, 0.2) is 41.8 Å². The largest absolute Gasteiger partial charge is 0.456 e. The second-order valence-corrected chi connectivity index (χ2v) is 7.76. The molecule has 0 fully saturated rings. The number of thiophene rings is 1. The third kappa shape index (κ3) is 6.83. The number of benzene rings is 1. The lowest BCUT2D eigenvalue weighted by Gasteiger charge is -2.20. The number of nitrogens with one attached hydrogen (secondary N) is 2. The standard InChI is InChI=1S/C21H24N2O5S/c1-13(2)19(23-20(26)18-5-4-10-29-18)21(27)28-12-17(25)16-8-6-15(7-9-16)11-22-14(3)24/h4-10,13,19H,11-12H2,1-3H3,(H,22,24)(H,23,26)/t19-/m1/s1. The molecule has 1 heterocycles. The van der Waals surface area contributed by atoms with Crippen LogP contribution in [0.4, 0.5) is 0 Å². The molecule has 0 aliphatic heterocycles. The van der Waals surface area contributed by atoms with Gasteiger partial charge in [0.15, 0.2) is 12.4 Å². The number of ether oxygens (including phenoxy) is 1. The maximum atomic E-state index is 12.4. The fourth-order valence-corrected chi connectivity index (χ4v) is 3.09. The highest BCUT2D eigenvalue weighted by atomic mass is 32.1. The van der Waals surface area contributed by atoms with Crippen molar-refractivity contribution in [2.24, 2.45) is 5.92 Å². The summed E-state index contributed by atoms with van der Waals surface area (Å²) in [4.78, 5) is 48.3. The van der Waals surface area contributed by atoms with Crippen LogP contribution >= 0.6 is 11.3 Å². The van der Waals surface area contributed by atoms with E-state index in [1.165, 1.54) is 18.3 Å². The summed E-state index contributed by atoms with van der Waals surface area (Å²) in [5.41, 5.74) is 1.25. The summed E-state index contributed by atoms with van der Waals surface area (Å²) in [7, 11) is 0. The molecule has 0 spiro atoms. The van der Waals surface area contributed by atoms with Gasteiger partial charge >= 0.3 is 5.97 Å². The molecule has 154 valence electrons. The minimum Gasteiger partial charge on any atom is -0.456 e. The predicted octanol–water partition coefficient (Wildman–Crippen LogP) is 2.56. The first-order chi connectivity index (χ1) is 13.8. The molecule has 1 aromatic heterocycles. The zero-order valence-electron chi connectivity index (χ0n) is 16.6. The van der Waals surface area contributed by atoms with Crippen LogP contribution in [-0.4, -0.2) is 36.2 Å². The monoisotopic (exact) mass is 416 g/mol. The van der Waals surface area contributed by atoms with E-state index in [-0.39, 0.29) is 23.5 Å². The summed E-state index contributed by atoms with van der Waals surface area (Å²) < 4.78 is 5.15. The predicted molar refractivity (Wildman–Crippen MR) is 110 cm³/mol. The van der Waals surface area contributed by atoms with Gasteiger partial charge in [-0.25, -0.2) is 4.79 Å². The van der Waals surface area contributed by atoms with E-state index < -0.39 is 18.6 Å². The second-order valence-electron chi connectivity index (χ2n) is 6.81. The van der Waals surface area contributed by atoms with E-state index in [2.05, 4.69) is 10.6 Å². The van der Waals surface area contributed by atoms with Crippen molar-refractivity contribution < 1.29 is 23.9 Å². The van der Waals surface area contributed by atoms with Gasteiger partial charge in [-0.15, -0.1) is 11.3 Å². The highest BCUT2D eigenvalue weighted by Crippen LogP contribution is 2.12. The number of rotatable bonds is 9. The summed E-state index contributed by atoms with van der Waals surface area (Å²) >= 11 is 1.28. The molecule has 0 bridgehead atoms. The molecule has 0 aliphatic rings. The lowest BCUT2D eigenvalue weighted by atomic mass is 10.0. The van der Waals surface area contributed by atoms with Gasteiger partial charge in [0.2, 0.25) is 5.91 Å². The topological polar surface area (TPSA) is 102 Å². The van der Waals surface area contributed by atoms with Crippen molar-refractivity contribution in [3.8, 4) is 0 Å². The van der Waals surface area contributed by atoms with Crippen LogP contribution in [0.3, 0.4) is 0 Å². The molecule has 2 aromatic rings. The van der Waals surface area contributed by atoms with Gasteiger partial charge in [0, 0.05) is 19.0 Å². The maximum absolute atomic E-state index is 12.4. The van der Waals surface area contributed by atoms with Crippen LogP contribution in [0.2, 0.25) is 0 Å². The summed E-state index contributed by atoms with van der Waals surface area (Å²) in [5.74, 6) is -1.69. The van der Waals surface area contributed by atoms with E-state index in [0.717, 1.165) is 5.56 Å². The minimum absolute atomic E-state index is 0.136. The highest BCUT2D eigenvalue weighted by Gasteiger charge is 2.27. The van der Waals surface area contributed by atoms with Crippen molar-refractivity contribution in [2.75, 3.05) is 6.61 Å². The lowest BCUT2D eigenvalue weighted by molar-refractivity contribution is -0.146. The number of carbonyl (C=O) groups excluding carboxylic acids is 4. The first kappa shape index (κ1) is 22.3. The Morgan fingerprint density at radius 2 is 1.76 bits per heavy atom. The van der Waals surface area contributed by atoms with Gasteiger partial charge in [-0.1, -0.05) is 44.2 Å². The molecular formula is C21H24N2O5S. The molecule has 2 N–H and O–H groups in total. The SMILES string of the molecule is CC(=O)NCc1ccc(C(=O)COC(=O)[C@H](NC(=O)c2cccs2)C(C)C)cc1. The average molecular weight is 416 g/mol. The Morgan fingerprint density at radius 3 is 2.31 bits per heavy atom. The van der Waals surface area contributed by atoms with Gasteiger partial charge in [-0.3, -0.25) is 14.4 Å². The quantitative estimate of drug-likeness (QED) is 0.483. The Hall–Kier alpha value is -3.00. The number of hydrogen-bond donors (Lipinski definition) is 2. The van der Waals surface area contributed by atoms with Gasteiger partial charge in [-0.05, 0) is 22.9 Å². The van der Waals surface area contributed by atoms with Crippen LogP contribution in [0.1, 0.15) is 46.4 Å². The van der Waals surface area contributed by atoms with E-state index in [1.54, 1.807) is 55.6 Å². The zero-order chi connectivity index (χ0) is 21.4. The van der Waals surface area contributed by atoms with Crippen molar-refractivity contribution >= 4 is 34.9 Å². The first-order valence-electron chi connectivity index (χ1n) is 9.15. The highest BCUT2D eigenvalue weighted by molar-refractivity contribution is 7.12. The van der Waals surface area contributed by atoms with Crippen molar-refractivity contribution in [3.05, 3.63) is 57.8 Å². The normalized spacial score (nSPS) is 11.6. The van der Waals surface area contributed by atoms with Crippen LogP contribution in [0, 0.1) is 5.92 Å². The molecular weight excluding hydrogens is 392 g/mol. The van der Waals surface area contributed by atoms with Gasteiger partial charge in [0.05, 0.1) is 4.88 Å². The molecule has 1 atom stereocenters. The van der Waals surface area contributed by atoms with Gasteiger partial charge < -0.3 is 15.4 Å². The number of Topliss-reactive ketones (excluding diaryl/α,β-unsaturated/α-hetero) is 1. The van der Waals surface area contributed by atoms with E-state index in [9.17, 15) is 19.2 Å². The number of amides is 2. The Labute approximate surface area is 173 Å². The molecule has 2 rings (SSSR count).